The molecule has 1 aliphatic rings. The Morgan fingerprint density at radius 2 is 1.38 bits per heavy atom. The van der Waals surface area contributed by atoms with Gasteiger partial charge in [-0.05, 0) is 95.6 Å². The van der Waals surface area contributed by atoms with Gasteiger partial charge in [0.05, 0.1) is 6.04 Å². The van der Waals surface area contributed by atoms with Gasteiger partial charge in [-0.3, -0.25) is 43.3 Å². The van der Waals surface area contributed by atoms with E-state index in [0.29, 0.717) is 41.1 Å². The summed E-state index contributed by atoms with van der Waals surface area (Å²) in [6.07, 6.45) is 5.64. The number of H-pyrrole nitrogens is 1. The number of aromatic nitrogens is 2. The van der Waals surface area contributed by atoms with Crippen molar-refractivity contribution in [2.45, 2.75) is 93.7 Å². The summed E-state index contributed by atoms with van der Waals surface area (Å²) in [5.74, 6) is -5.97. The van der Waals surface area contributed by atoms with Crippen molar-refractivity contribution in [1.82, 2.24) is 47.2 Å². The van der Waals surface area contributed by atoms with Crippen molar-refractivity contribution in [2.24, 2.45) is 17.2 Å². The Bertz CT molecular complexity index is 3100. The maximum atomic E-state index is 14.8. The topological polar surface area (TPSA) is 328 Å². The highest BCUT2D eigenvalue weighted by molar-refractivity contribution is 8.76. The summed E-state index contributed by atoms with van der Waals surface area (Å²) in [6.45, 7) is 0.125. The minimum Gasteiger partial charge on any atom is -0.368 e. The average molecular weight is 1130 g/mol. The molecule has 8 amide bonds. The number of hydrogen-bond acceptors (Lipinski definition) is 13. The molecule has 0 unspecified atom stereocenters. The molecule has 20 nitrogen and oxygen atoms in total. The molecule has 416 valence electrons. The normalized spacial score (nSPS) is 20.0. The maximum Gasteiger partial charge on any atom is 0.244 e. The fourth-order valence-corrected chi connectivity index (χ4v) is 11.4. The van der Waals surface area contributed by atoms with E-state index < -0.39 is 89.6 Å². The Morgan fingerprint density at radius 1 is 0.709 bits per heavy atom. The number of carbonyl (C=O) groups excluding carboxylic acids is 8. The zero-order chi connectivity index (χ0) is 56.3. The van der Waals surface area contributed by atoms with Gasteiger partial charge in [-0.2, -0.15) is 0 Å². The van der Waals surface area contributed by atoms with Crippen LogP contribution in [0.4, 0.5) is 0 Å². The number of carbonyl (C=O) groups is 8. The van der Waals surface area contributed by atoms with Gasteiger partial charge >= 0.3 is 0 Å². The Balaban J connectivity index is 1.19. The van der Waals surface area contributed by atoms with Crippen molar-refractivity contribution in [3.8, 4) is 0 Å². The minimum absolute atomic E-state index is 0.0365. The predicted molar refractivity (Wildman–Crippen MR) is 307 cm³/mol. The lowest BCUT2D eigenvalue weighted by Gasteiger charge is -2.27. The van der Waals surface area contributed by atoms with Gasteiger partial charge < -0.3 is 59.4 Å². The zero-order valence-corrected chi connectivity index (χ0v) is 45.6. The van der Waals surface area contributed by atoms with Crippen molar-refractivity contribution < 1.29 is 38.4 Å². The second-order valence-corrected chi connectivity index (χ2v) is 22.2. The van der Waals surface area contributed by atoms with Gasteiger partial charge in [0.2, 0.25) is 47.3 Å². The van der Waals surface area contributed by atoms with Gasteiger partial charge in [-0.25, -0.2) is 0 Å². The first-order valence-electron chi connectivity index (χ1n) is 25.9. The van der Waals surface area contributed by atoms with E-state index in [-0.39, 0.29) is 56.6 Å². The van der Waals surface area contributed by atoms with E-state index in [1.54, 1.807) is 42.6 Å². The summed E-state index contributed by atoms with van der Waals surface area (Å²) >= 11 is 6.10. The van der Waals surface area contributed by atoms with Crippen molar-refractivity contribution in [2.75, 3.05) is 24.6 Å². The summed E-state index contributed by atoms with van der Waals surface area (Å²) in [6, 6.07) is 22.1. The van der Waals surface area contributed by atoms with Gasteiger partial charge in [0.15, 0.2) is 0 Å². The number of para-hydroxylation sites is 1. The summed E-state index contributed by atoms with van der Waals surface area (Å²) in [4.78, 5) is 120. The monoisotopic (exact) mass is 1130 g/mol. The molecule has 79 heavy (non-hydrogen) atoms. The van der Waals surface area contributed by atoms with Gasteiger partial charge in [0.25, 0.3) is 0 Å². The lowest BCUT2D eigenvalue weighted by Crippen LogP contribution is -2.60. The van der Waals surface area contributed by atoms with Crippen molar-refractivity contribution in [1.29, 1.82) is 0 Å². The molecule has 0 bridgehead atoms. The molecule has 1 fully saturated rings. The number of nitrogens with zero attached hydrogens (tertiary/aromatic N) is 1. The van der Waals surface area contributed by atoms with Crippen molar-refractivity contribution >= 4 is 102 Å². The van der Waals surface area contributed by atoms with Crippen LogP contribution in [-0.2, 0) is 64.0 Å². The molecule has 2 aromatic heterocycles. The highest BCUT2D eigenvalue weighted by Crippen LogP contribution is 2.25. The number of aromatic amines is 1. The first kappa shape index (κ1) is 59.2. The molecule has 7 rings (SSSR count). The average Bonchev–Trinajstić information content (AvgIpc) is 3.92. The quantitative estimate of drug-likeness (QED) is 0.0463. The summed E-state index contributed by atoms with van der Waals surface area (Å²) in [5.41, 5.74) is 21.6. The molecule has 14 N–H and O–H groups in total. The highest BCUT2D eigenvalue weighted by Gasteiger charge is 2.34. The Hall–Kier alpha value is -7.50. The fraction of sp³-hybridized carbons (Fsp3) is 0.339. The fourth-order valence-electron chi connectivity index (χ4n) is 8.90. The summed E-state index contributed by atoms with van der Waals surface area (Å²) in [5, 5.41) is 22.6. The number of unbranched alkanes of at least 4 members (excludes halogenated alkanes) is 1. The summed E-state index contributed by atoms with van der Waals surface area (Å²) in [7, 11) is 2.16. The van der Waals surface area contributed by atoms with Gasteiger partial charge in [0, 0.05) is 78.2 Å². The zero-order valence-electron chi connectivity index (χ0n) is 43.2. The van der Waals surface area contributed by atoms with E-state index in [9.17, 15) is 38.4 Å². The molecule has 23 heteroatoms. The summed E-state index contributed by atoms with van der Waals surface area (Å²) < 4.78 is 0. The third-order valence-corrected chi connectivity index (χ3v) is 15.9. The number of rotatable bonds is 17. The van der Waals surface area contributed by atoms with E-state index in [1.165, 1.54) is 12.4 Å². The van der Waals surface area contributed by atoms with Gasteiger partial charge in [-0.1, -0.05) is 106 Å². The minimum atomic E-state index is -1.35. The Labute approximate surface area is 469 Å². The lowest BCUT2D eigenvalue weighted by atomic mass is 10.0. The highest BCUT2D eigenvalue weighted by atomic mass is 35.5. The largest absolute Gasteiger partial charge is 0.368 e. The SMILES string of the molecule is NCCCC[C@@H]1NC(=O)[C@@H](Cc2c[nH]c3ccccc23)NC(=O)[C@H](Cc2ccncc2)NC(=O)[C@H](NC(=O)[C@@H](N)Cc2ccc(Cl)cc2)CSSC[C@@H](C(=O)N[C@@H](Cc2ccc3ccccc3c2)C(N)=O)NC(=O)CCNC1=O. The van der Waals surface area contributed by atoms with Crippen LogP contribution in [0.15, 0.2) is 122 Å². The van der Waals surface area contributed by atoms with Crippen LogP contribution >= 0.6 is 33.2 Å². The van der Waals surface area contributed by atoms with Crippen LogP contribution in [0.5, 0.6) is 0 Å². The molecule has 6 aromatic rings. The van der Waals surface area contributed by atoms with Crippen LogP contribution in [-0.4, -0.2) is 124 Å². The van der Waals surface area contributed by atoms with E-state index in [1.807, 2.05) is 66.7 Å². The molecule has 1 saturated heterocycles. The predicted octanol–water partition coefficient (Wildman–Crippen LogP) is 2.39. The molecule has 0 spiro atoms. The number of nitrogens with one attached hydrogen (secondary N) is 8. The van der Waals surface area contributed by atoms with Crippen LogP contribution in [0, 0.1) is 0 Å². The molecule has 4 aromatic carbocycles. The smallest absolute Gasteiger partial charge is 0.244 e. The van der Waals surface area contributed by atoms with Crippen LogP contribution < -0.4 is 54.4 Å². The standard InChI is InChI=1S/C56H65ClN12O8S2/c57-39-16-13-33(14-17-39)26-41(59)51(72)69-48-32-79-78-31-47(55(76)66-44(50(60)71)28-35-12-15-36-7-1-2-8-37(36)25-35)64-49(70)20-24-62-52(73)43(11-5-6-21-58)65-54(75)46(29-38-30-63-42-10-4-3-9-40(38)42)68-53(74)45(67-56(48)77)27-34-18-22-61-23-19-34/h1-4,7-10,12-19,22-23,25,30,41,43-48,63H,5-6,11,20-21,24,26-29,31-32,58-59H2,(H2,60,71)(H,62,73)(H,64,70)(H,65,75)(H,66,76)(H,67,77)(H,68,74)(H,69,72)/t41-,43-,44-,45-,46+,47-,48+/m0/s1. The maximum absolute atomic E-state index is 14.8. The van der Waals surface area contributed by atoms with Gasteiger partial charge in [-0.15, -0.1) is 0 Å². The number of halogens is 1. The third-order valence-electron chi connectivity index (χ3n) is 13.2. The number of benzene rings is 4. The number of fused-ring (bicyclic) bond motifs is 2. The first-order valence-corrected chi connectivity index (χ1v) is 28.7. The van der Waals surface area contributed by atoms with Crippen LogP contribution in [0.1, 0.15) is 47.9 Å². The van der Waals surface area contributed by atoms with Crippen LogP contribution in [0.2, 0.25) is 5.02 Å². The van der Waals surface area contributed by atoms with Crippen molar-refractivity contribution in [3.05, 3.63) is 149 Å². The molecule has 3 heterocycles. The second-order valence-electron chi connectivity index (χ2n) is 19.2. The lowest BCUT2D eigenvalue weighted by molar-refractivity contribution is -0.134. The van der Waals surface area contributed by atoms with Crippen LogP contribution in [0.25, 0.3) is 21.7 Å². The van der Waals surface area contributed by atoms with Gasteiger partial charge in [0.1, 0.15) is 36.3 Å². The van der Waals surface area contributed by atoms with E-state index in [2.05, 4.69) is 47.2 Å². The van der Waals surface area contributed by atoms with E-state index in [4.69, 9.17) is 28.8 Å². The van der Waals surface area contributed by atoms with E-state index in [0.717, 1.165) is 48.8 Å². The first-order chi connectivity index (χ1) is 38.1. The van der Waals surface area contributed by atoms with Crippen molar-refractivity contribution in [3.63, 3.8) is 0 Å². The second kappa shape index (κ2) is 29.5. The Kier molecular flexibility index (Phi) is 22.1. The molecule has 0 radical (unpaired) electrons. The number of amides is 8. The number of hydrogen-bond donors (Lipinski definition) is 11. The third kappa shape index (κ3) is 17.8. The molecule has 0 aliphatic carbocycles. The number of nitrogens with two attached hydrogens (primary N) is 3. The van der Waals surface area contributed by atoms with Crippen LogP contribution in [0.3, 0.4) is 0 Å². The Morgan fingerprint density at radius 3 is 2.13 bits per heavy atom. The molecule has 7 atom stereocenters. The molecule has 0 saturated carbocycles. The molecular weight excluding hydrogens is 1070 g/mol. The van der Waals surface area contributed by atoms with E-state index >= 15 is 0 Å². The number of primary amides is 1. The number of pyridine rings is 1. The molecule has 1 aliphatic heterocycles. The molecular formula is C56H65ClN12O8S2.